The molecule has 0 aromatic heterocycles. The number of sulfonamides is 1. The lowest BCUT2D eigenvalue weighted by molar-refractivity contribution is -0.150. The van der Waals surface area contributed by atoms with Crippen LogP contribution in [-0.4, -0.2) is 20.5 Å². The van der Waals surface area contributed by atoms with Crippen molar-refractivity contribution in [2.75, 3.05) is 5.32 Å². The molecule has 0 heterocycles. The van der Waals surface area contributed by atoms with Gasteiger partial charge in [0.05, 0.1) is 5.02 Å². The average molecular weight is 317 g/mol. The van der Waals surface area contributed by atoms with E-state index in [9.17, 15) is 26.4 Å². The lowest BCUT2D eigenvalue weighted by atomic mass is 10.3. The van der Waals surface area contributed by atoms with Crippen LogP contribution in [0.5, 0.6) is 0 Å². The maximum Gasteiger partial charge on any atom is 0.397 e. The minimum Gasteiger partial charge on any atom is -0.326 e. The first-order chi connectivity index (χ1) is 8.49. The van der Waals surface area contributed by atoms with E-state index in [0.717, 1.165) is 18.2 Å². The molecule has 0 unspecified atom stereocenters. The predicted molar refractivity (Wildman–Crippen MR) is 62.1 cm³/mol. The Bertz CT molecular complexity index is 601. The molecule has 0 atom stereocenters. The molecule has 1 amide bonds. The number of alkyl halides is 3. The van der Waals surface area contributed by atoms with Gasteiger partial charge in [0.2, 0.25) is 15.9 Å². The molecule has 19 heavy (non-hydrogen) atoms. The van der Waals surface area contributed by atoms with Gasteiger partial charge in [0.25, 0.3) is 0 Å². The molecule has 0 radical (unpaired) electrons. The fourth-order valence-electron chi connectivity index (χ4n) is 1.20. The standard InChI is InChI=1S/C9H8ClF3N2O3S/c10-6-3-5(1-2-7(6)19(14,17)18)15-8(16)4-9(11,12)13/h1-3H,4H2,(H,15,16)(H2,14,17,18). The number of nitrogens with one attached hydrogen (secondary N) is 1. The fraction of sp³-hybridized carbons (Fsp3) is 0.222. The number of carbonyl (C=O) groups excluding carboxylic acids is 1. The maximum absolute atomic E-state index is 11.9. The topological polar surface area (TPSA) is 89.3 Å². The van der Waals surface area contributed by atoms with E-state index in [0.29, 0.717) is 0 Å². The zero-order valence-electron chi connectivity index (χ0n) is 9.16. The average Bonchev–Trinajstić information content (AvgIpc) is 2.11. The zero-order chi connectivity index (χ0) is 14.8. The molecule has 1 aromatic rings. The Morgan fingerprint density at radius 1 is 1.37 bits per heavy atom. The molecule has 0 spiro atoms. The van der Waals surface area contributed by atoms with Gasteiger partial charge in [-0.2, -0.15) is 13.2 Å². The van der Waals surface area contributed by atoms with E-state index in [2.05, 4.69) is 0 Å². The van der Waals surface area contributed by atoms with Crippen molar-refractivity contribution in [3.8, 4) is 0 Å². The van der Waals surface area contributed by atoms with Crippen LogP contribution >= 0.6 is 11.6 Å². The van der Waals surface area contributed by atoms with Crippen LogP contribution in [0.4, 0.5) is 18.9 Å². The van der Waals surface area contributed by atoms with Gasteiger partial charge in [0.15, 0.2) is 0 Å². The largest absolute Gasteiger partial charge is 0.397 e. The first-order valence-electron chi connectivity index (χ1n) is 4.68. The van der Waals surface area contributed by atoms with Gasteiger partial charge in [0.1, 0.15) is 11.3 Å². The molecule has 3 N–H and O–H groups in total. The molecule has 5 nitrogen and oxygen atoms in total. The van der Waals surface area contributed by atoms with Gasteiger partial charge in [-0.1, -0.05) is 11.6 Å². The molecule has 0 aliphatic carbocycles. The van der Waals surface area contributed by atoms with Crippen molar-refractivity contribution in [2.45, 2.75) is 17.5 Å². The van der Waals surface area contributed by atoms with Crippen molar-refractivity contribution in [3.63, 3.8) is 0 Å². The molecule has 0 aliphatic rings. The molecule has 0 fully saturated rings. The van der Waals surface area contributed by atoms with Crippen LogP contribution in [0.2, 0.25) is 5.02 Å². The minimum absolute atomic E-state index is 0.0633. The molecule has 0 saturated carbocycles. The molecule has 1 rings (SSSR count). The van der Waals surface area contributed by atoms with Crippen molar-refractivity contribution in [1.29, 1.82) is 0 Å². The Morgan fingerprint density at radius 3 is 2.37 bits per heavy atom. The monoisotopic (exact) mass is 316 g/mol. The van der Waals surface area contributed by atoms with Crippen molar-refractivity contribution in [3.05, 3.63) is 23.2 Å². The molecule has 10 heteroatoms. The Labute approximate surface area is 111 Å². The summed E-state index contributed by atoms with van der Waals surface area (Å²) in [7, 11) is -4.03. The number of hydrogen-bond acceptors (Lipinski definition) is 3. The number of hydrogen-bond donors (Lipinski definition) is 2. The van der Waals surface area contributed by atoms with Crippen LogP contribution in [0.15, 0.2) is 23.1 Å². The van der Waals surface area contributed by atoms with Crippen LogP contribution in [-0.2, 0) is 14.8 Å². The minimum atomic E-state index is -4.63. The van der Waals surface area contributed by atoms with E-state index in [-0.39, 0.29) is 15.6 Å². The number of rotatable bonds is 3. The second kappa shape index (κ2) is 5.35. The van der Waals surface area contributed by atoms with E-state index >= 15 is 0 Å². The highest BCUT2D eigenvalue weighted by molar-refractivity contribution is 7.89. The number of benzene rings is 1. The van der Waals surface area contributed by atoms with Crippen molar-refractivity contribution in [1.82, 2.24) is 0 Å². The number of anilines is 1. The normalized spacial score (nSPS) is 12.3. The summed E-state index contributed by atoms with van der Waals surface area (Å²) in [6.45, 7) is 0. The first kappa shape index (κ1) is 15.7. The summed E-state index contributed by atoms with van der Waals surface area (Å²) in [6, 6.07) is 3.07. The van der Waals surface area contributed by atoms with Gasteiger partial charge < -0.3 is 5.32 Å². The van der Waals surface area contributed by atoms with E-state index in [1.807, 2.05) is 5.32 Å². The van der Waals surface area contributed by atoms with E-state index in [1.54, 1.807) is 0 Å². The summed E-state index contributed by atoms with van der Waals surface area (Å²) < 4.78 is 57.8. The summed E-state index contributed by atoms with van der Waals surface area (Å²) in [4.78, 5) is 10.6. The number of carbonyl (C=O) groups is 1. The van der Waals surface area contributed by atoms with Crippen molar-refractivity contribution < 1.29 is 26.4 Å². The fourth-order valence-corrected chi connectivity index (χ4v) is 2.29. The summed E-state index contributed by atoms with van der Waals surface area (Å²) in [6.07, 6.45) is -6.28. The van der Waals surface area contributed by atoms with Crippen LogP contribution in [0.1, 0.15) is 6.42 Å². The highest BCUT2D eigenvalue weighted by atomic mass is 35.5. The third kappa shape index (κ3) is 5.05. The highest BCUT2D eigenvalue weighted by Gasteiger charge is 2.31. The summed E-state index contributed by atoms with van der Waals surface area (Å²) in [5, 5.41) is 6.48. The third-order valence-electron chi connectivity index (χ3n) is 1.88. The first-order valence-corrected chi connectivity index (χ1v) is 6.60. The highest BCUT2D eigenvalue weighted by Crippen LogP contribution is 2.25. The lowest BCUT2D eigenvalue weighted by Gasteiger charge is -2.09. The van der Waals surface area contributed by atoms with Crippen LogP contribution in [0.25, 0.3) is 0 Å². The second-order valence-electron chi connectivity index (χ2n) is 3.53. The summed E-state index contributed by atoms with van der Waals surface area (Å²) in [5.41, 5.74) is -0.0633. The molecule has 0 aliphatic heterocycles. The van der Waals surface area contributed by atoms with Gasteiger partial charge in [-0.15, -0.1) is 0 Å². The Hall–Kier alpha value is -1.32. The predicted octanol–water partition coefficient (Wildman–Crippen LogP) is 1.88. The van der Waals surface area contributed by atoms with Gasteiger partial charge in [0, 0.05) is 5.69 Å². The van der Waals surface area contributed by atoms with Crippen LogP contribution in [0.3, 0.4) is 0 Å². The summed E-state index contributed by atoms with van der Waals surface area (Å²) in [5.74, 6) is -1.29. The van der Waals surface area contributed by atoms with Gasteiger partial charge in [-0.3, -0.25) is 4.79 Å². The molecular formula is C9H8ClF3N2O3S. The van der Waals surface area contributed by atoms with E-state index < -0.39 is 28.5 Å². The van der Waals surface area contributed by atoms with E-state index in [1.165, 1.54) is 0 Å². The number of halogens is 4. The maximum atomic E-state index is 11.9. The Morgan fingerprint density at radius 2 is 1.95 bits per heavy atom. The zero-order valence-corrected chi connectivity index (χ0v) is 10.7. The van der Waals surface area contributed by atoms with Crippen molar-refractivity contribution in [2.24, 2.45) is 5.14 Å². The van der Waals surface area contributed by atoms with Crippen LogP contribution < -0.4 is 10.5 Å². The molecular weight excluding hydrogens is 309 g/mol. The van der Waals surface area contributed by atoms with E-state index in [4.69, 9.17) is 16.7 Å². The van der Waals surface area contributed by atoms with Gasteiger partial charge in [-0.05, 0) is 18.2 Å². The SMILES string of the molecule is NS(=O)(=O)c1ccc(NC(=O)CC(F)(F)F)cc1Cl. The Kier molecular flexibility index (Phi) is 4.43. The smallest absolute Gasteiger partial charge is 0.326 e. The quantitative estimate of drug-likeness (QED) is 0.892. The third-order valence-corrected chi connectivity index (χ3v) is 3.28. The van der Waals surface area contributed by atoms with Gasteiger partial charge in [-0.25, -0.2) is 13.6 Å². The van der Waals surface area contributed by atoms with Gasteiger partial charge >= 0.3 is 6.18 Å². The summed E-state index contributed by atoms with van der Waals surface area (Å²) >= 11 is 5.60. The molecule has 106 valence electrons. The van der Waals surface area contributed by atoms with Crippen molar-refractivity contribution >= 4 is 33.2 Å². The number of amides is 1. The Balaban J connectivity index is 2.89. The number of nitrogens with two attached hydrogens (primary N) is 1. The number of primary sulfonamides is 1. The molecule has 0 saturated heterocycles. The lowest BCUT2D eigenvalue weighted by Crippen LogP contribution is -2.21. The second-order valence-corrected chi connectivity index (χ2v) is 5.47. The van der Waals surface area contributed by atoms with Crippen LogP contribution in [0, 0.1) is 0 Å². The molecule has 1 aromatic carbocycles. The molecule has 0 bridgehead atoms.